The first-order chi connectivity index (χ1) is 7.75. The average Bonchev–Trinajstić information content (AvgIpc) is 2.28. The fourth-order valence-electron chi connectivity index (χ4n) is 2.62. The Bertz CT molecular complexity index is 447. The second kappa shape index (κ2) is 3.86. The number of nitrogens with one attached hydrogen (secondary N) is 1. The summed E-state index contributed by atoms with van der Waals surface area (Å²) in [6.45, 7) is 2.22. The largest absolute Gasteiger partial charge is 0.333 e. The molecule has 0 aromatic heterocycles. The molecule has 3 rings (SSSR count). The number of carbonyl (C=O) groups is 1. The third kappa shape index (κ3) is 1.57. The summed E-state index contributed by atoms with van der Waals surface area (Å²) in [5.41, 5.74) is 2.67. The van der Waals surface area contributed by atoms with E-state index in [0.29, 0.717) is 6.54 Å². The Hall–Kier alpha value is -0.870. The number of hydrogen-bond acceptors (Lipinski definition) is 2. The van der Waals surface area contributed by atoms with Crippen molar-refractivity contribution in [1.29, 1.82) is 0 Å². The van der Waals surface area contributed by atoms with Crippen LogP contribution in [-0.4, -0.2) is 30.4 Å². The smallest absolute Gasteiger partial charge is 0.237 e. The lowest BCUT2D eigenvalue weighted by Crippen LogP contribution is -2.52. The van der Waals surface area contributed by atoms with Crippen molar-refractivity contribution in [2.45, 2.75) is 12.5 Å². The Balaban J connectivity index is 2.02. The van der Waals surface area contributed by atoms with Gasteiger partial charge < -0.3 is 10.2 Å². The summed E-state index contributed by atoms with van der Waals surface area (Å²) < 4.78 is 1.12. The van der Waals surface area contributed by atoms with E-state index >= 15 is 0 Å². The molecule has 0 bridgehead atoms. The number of benzene rings is 1. The predicted molar refractivity (Wildman–Crippen MR) is 65.2 cm³/mol. The Labute approximate surface area is 103 Å². The highest BCUT2D eigenvalue weighted by Crippen LogP contribution is 2.32. The van der Waals surface area contributed by atoms with Gasteiger partial charge in [-0.1, -0.05) is 22.0 Å². The average molecular weight is 281 g/mol. The lowest BCUT2D eigenvalue weighted by Gasteiger charge is -2.40. The summed E-state index contributed by atoms with van der Waals surface area (Å²) in [5.74, 6) is 0.227. The van der Waals surface area contributed by atoms with Crippen molar-refractivity contribution in [2.75, 3.05) is 19.6 Å². The van der Waals surface area contributed by atoms with Crippen LogP contribution in [0, 0.1) is 0 Å². The Kier molecular flexibility index (Phi) is 2.48. The first kappa shape index (κ1) is 10.3. The van der Waals surface area contributed by atoms with Crippen molar-refractivity contribution in [3.05, 3.63) is 33.8 Å². The number of piperazine rings is 1. The van der Waals surface area contributed by atoms with Crippen LogP contribution in [0.5, 0.6) is 0 Å². The van der Waals surface area contributed by atoms with Gasteiger partial charge in [0.2, 0.25) is 5.91 Å². The highest BCUT2D eigenvalue weighted by molar-refractivity contribution is 9.10. The molecule has 3 nitrogen and oxygen atoms in total. The van der Waals surface area contributed by atoms with Crippen molar-refractivity contribution in [3.63, 3.8) is 0 Å². The second-order valence-corrected chi connectivity index (χ2v) is 5.24. The van der Waals surface area contributed by atoms with Crippen molar-refractivity contribution in [1.82, 2.24) is 10.2 Å². The van der Waals surface area contributed by atoms with Gasteiger partial charge in [0, 0.05) is 17.6 Å². The molecule has 1 atom stereocenters. The molecule has 0 saturated carbocycles. The Morgan fingerprint density at radius 3 is 3.19 bits per heavy atom. The van der Waals surface area contributed by atoms with E-state index in [-0.39, 0.29) is 11.9 Å². The van der Waals surface area contributed by atoms with Crippen LogP contribution in [0.4, 0.5) is 0 Å². The van der Waals surface area contributed by atoms with Gasteiger partial charge in [0.15, 0.2) is 0 Å². The first-order valence-corrected chi connectivity index (χ1v) is 6.33. The quantitative estimate of drug-likeness (QED) is 0.781. The summed E-state index contributed by atoms with van der Waals surface area (Å²) in [7, 11) is 0. The second-order valence-electron chi connectivity index (χ2n) is 4.33. The van der Waals surface area contributed by atoms with Gasteiger partial charge in [-0.25, -0.2) is 0 Å². The zero-order valence-electron chi connectivity index (χ0n) is 8.87. The van der Waals surface area contributed by atoms with E-state index in [4.69, 9.17) is 0 Å². The lowest BCUT2D eigenvalue weighted by molar-refractivity contribution is -0.135. The van der Waals surface area contributed by atoms with Crippen LogP contribution in [0.3, 0.4) is 0 Å². The molecule has 1 N–H and O–H groups in total. The van der Waals surface area contributed by atoms with Gasteiger partial charge in [0.1, 0.15) is 0 Å². The molecule has 2 aliphatic heterocycles. The molecule has 84 valence electrons. The van der Waals surface area contributed by atoms with E-state index in [1.165, 1.54) is 11.1 Å². The fraction of sp³-hybridized carbons (Fsp3) is 0.417. The van der Waals surface area contributed by atoms with Gasteiger partial charge >= 0.3 is 0 Å². The molecular weight excluding hydrogens is 268 g/mol. The van der Waals surface area contributed by atoms with Crippen molar-refractivity contribution in [2.24, 2.45) is 0 Å². The molecule has 1 saturated heterocycles. The van der Waals surface area contributed by atoms with Crippen molar-refractivity contribution in [3.8, 4) is 0 Å². The number of nitrogens with zero attached hydrogens (tertiary/aromatic N) is 1. The van der Waals surface area contributed by atoms with E-state index < -0.39 is 0 Å². The first-order valence-electron chi connectivity index (χ1n) is 5.54. The minimum absolute atomic E-state index is 0.227. The zero-order valence-corrected chi connectivity index (χ0v) is 10.5. The number of rotatable bonds is 0. The van der Waals surface area contributed by atoms with Crippen LogP contribution in [0.15, 0.2) is 22.7 Å². The normalized spacial score (nSPS) is 23.9. The van der Waals surface area contributed by atoms with Gasteiger partial charge in [-0.3, -0.25) is 4.79 Å². The summed E-state index contributed by atoms with van der Waals surface area (Å²) in [5, 5.41) is 3.19. The lowest BCUT2D eigenvalue weighted by atomic mass is 9.91. The Morgan fingerprint density at radius 2 is 2.31 bits per heavy atom. The minimum atomic E-state index is 0.227. The number of halogens is 1. The van der Waals surface area contributed by atoms with E-state index in [0.717, 1.165) is 24.0 Å². The topological polar surface area (TPSA) is 32.3 Å². The highest BCUT2D eigenvalue weighted by Gasteiger charge is 2.33. The highest BCUT2D eigenvalue weighted by atomic mass is 79.9. The standard InChI is InChI=1S/C12H13BrN2O/c13-9-1-2-10-8(5-9)3-4-15-11(10)6-14-7-12(15)16/h1-2,5,11,14H,3-4,6-7H2/t11-/m1/s1. The van der Waals surface area contributed by atoms with Gasteiger partial charge in [-0.05, 0) is 29.7 Å². The molecule has 1 amide bonds. The molecule has 16 heavy (non-hydrogen) atoms. The van der Waals surface area contributed by atoms with Crippen LogP contribution in [0.2, 0.25) is 0 Å². The van der Waals surface area contributed by atoms with Crippen molar-refractivity contribution >= 4 is 21.8 Å². The SMILES string of the molecule is O=C1CNC[C@@H]2c3ccc(Br)cc3CCN12. The van der Waals surface area contributed by atoms with E-state index in [9.17, 15) is 4.79 Å². The van der Waals surface area contributed by atoms with Crippen LogP contribution in [0.25, 0.3) is 0 Å². The maximum absolute atomic E-state index is 11.8. The molecule has 4 heteroatoms. The van der Waals surface area contributed by atoms with Gasteiger partial charge in [0.05, 0.1) is 12.6 Å². The minimum Gasteiger partial charge on any atom is -0.333 e. The predicted octanol–water partition coefficient (Wildman–Crippen LogP) is 1.48. The fourth-order valence-corrected chi connectivity index (χ4v) is 3.03. The molecular formula is C12H13BrN2O. The van der Waals surface area contributed by atoms with E-state index in [1.54, 1.807) is 0 Å². The molecule has 1 aromatic rings. The van der Waals surface area contributed by atoms with E-state index in [1.807, 2.05) is 4.90 Å². The van der Waals surface area contributed by atoms with Crippen molar-refractivity contribution < 1.29 is 4.79 Å². The molecule has 2 aliphatic rings. The third-order valence-electron chi connectivity index (χ3n) is 3.40. The summed E-state index contributed by atoms with van der Waals surface area (Å²) in [4.78, 5) is 13.8. The molecule has 1 aromatic carbocycles. The van der Waals surface area contributed by atoms with Gasteiger partial charge in [0.25, 0.3) is 0 Å². The molecule has 0 spiro atoms. The summed E-state index contributed by atoms with van der Waals surface area (Å²) >= 11 is 3.49. The number of hydrogen-bond donors (Lipinski definition) is 1. The molecule has 0 unspecified atom stereocenters. The van der Waals surface area contributed by atoms with E-state index in [2.05, 4.69) is 39.4 Å². The van der Waals surface area contributed by atoms with Crippen LogP contribution in [-0.2, 0) is 11.2 Å². The molecule has 2 heterocycles. The van der Waals surface area contributed by atoms with Gasteiger partial charge in [-0.15, -0.1) is 0 Å². The molecule has 1 fully saturated rings. The maximum atomic E-state index is 11.8. The zero-order chi connectivity index (χ0) is 11.1. The summed E-state index contributed by atoms with van der Waals surface area (Å²) in [6.07, 6.45) is 0.969. The van der Waals surface area contributed by atoms with Crippen LogP contribution < -0.4 is 5.32 Å². The number of amides is 1. The summed E-state index contributed by atoms with van der Waals surface area (Å²) in [6, 6.07) is 6.60. The van der Waals surface area contributed by atoms with Gasteiger partial charge in [-0.2, -0.15) is 0 Å². The molecule has 0 aliphatic carbocycles. The third-order valence-corrected chi connectivity index (χ3v) is 3.89. The van der Waals surface area contributed by atoms with Crippen LogP contribution in [0.1, 0.15) is 17.2 Å². The number of carbonyl (C=O) groups excluding carboxylic acids is 1. The maximum Gasteiger partial charge on any atom is 0.237 e. The monoisotopic (exact) mass is 280 g/mol. The Morgan fingerprint density at radius 1 is 1.44 bits per heavy atom. The number of fused-ring (bicyclic) bond motifs is 3. The molecule has 0 radical (unpaired) electrons. The van der Waals surface area contributed by atoms with Crippen LogP contribution >= 0.6 is 15.9 Å².